The minimum absolute atomic E-state index is 0.117. The normalized spacial score (nSPS) is 10.4. The van der Waals surface area contributed by atoms with Gasteiger partial charge in [0.05, 0.1) is 13.2 Å². The summed E-state index contributed by atoms with van der Waals surface area (Å²) >= 11 is 0. The van der Waals surface area contributed by atoms with Crippen LogP contribution in [-0.4, -0.2) is 19.5 Å². The molecule has 0 unspecified atom stereocenters. The van der Waals surface area contributed by atoms with Crippen LogP contribution in [0.15, 0.2) is 42.5 Å². The molecule has 2 rings (SSSR count). The van der Waals surface area contributed by atoms with E-state index in [0.717, 1.165) is 23.2 Å². The van der Waals surface area contributed by atoms with Crippen LogP contribution in [0.3, 0.4) is 0 Å². The molecule has 0 aliphatic carbocycles. The summed E-state index contributed by atoms with van der Waals surface area (Å²) in [5, 5.41) is 0. The van der Waals surface area contributed by atoms with Crippen molar-refractivity contribution in [3.8, 4) is 22.6 Å². The summed E-state index contributed by atoms with van der Waals surface area (Å²) in [5.41, 5.74) is 2.42. The van der Waals surface area contributed by atoms with E-state index in [4.69, 9.17) is 9.47 Å². The number of aldehydes is 1. The topological polar surface area (TPSA) is 35.5 Å². The zero-order valence-electron chi connectivity index (χ0n) is 11.9. The van der Waals surface area contributed by atoms with Gasteiger partial charge in [-0.15, -0.1) is 0 Å². The molecule has 3 nitrogen and oxygen atoms in total. The molecule has 0 bridgehead atoms. The predicted molar refractivity (Wildman–Crippen MR) is 79.6 cm³/mol. The molecule has 3 heteroatoms. The molecule has 0 radical (unpaired) electrons. The van der Waals surface area contributed by atoms with Crippen LogP contribution in [0.1, 0.15) is 24.2 Å². The Balaban J connectivity index is 2.43. The lowest BCUT2D eigenvalue weighted by atomic mass is 10.00. The fourth-order valence-corrected chi connectivity index (χ4v) is 2.04. The minimum atomic E-state index is 0.117. The zero-order valence-corrected chi connectivity index (χ0v) is 11.9. The van der Waals surface area contributed by atoms with Gasteiger partial charge in [-0.25, -0.2) is 0 Å². The number of hydrogen-bond acceptors (Lipinski definition) is 3. The lowest BCUT2D eigenvalue weighted by molar-refractivity contribution is 0.112. The van der Waals surface area contributed by atoms with Gasteiger partial charge in [-0.2, -0.15) is 0 Å². The maximum absolute atomic E-state index is 11.2. The molecule has 2 aromatic rings. The Morgan fingerprint density at radius 3 is 2.50 bits per heavy atom. The highest BCUT2D eigenvalue weighted by atomic mass is 16.5. The Hall–Kier alpha value is -2.29. The third-order valence-electron chi connectivity index (χ3n) is 2.90. The highest BCUT2D eigenvalue weighted by Gasteiger charge is 2.08. The first-order chi connectivity index (χ1) is 9.63. The average molecular weight is 270 g/mol. The molecule has 0 saturated heterocycles. The largest absolute Gasteiger partial charge is 0.497 e. The van der Waals surface area contributed by atoms with Crippen molar-refractivity contribution in [2.75, 3.05) is 7.11 Å². The maximum Gasteiger partial charge on any atom is 0.150 e. The Morgan fingerprint density at radius 1 is 1.05 bits per heavy atom. The van der Waals surface area contributed by atoms with E-state index in [1.54, 1.807) is 13.2 Å². The molecule has 2 aromatic carbocycles. The van der Waals surface area contributed by atoms with Crippen LogP contribution in [0.2, 0.25) is 0 Å². The van der Waals surface area contributed by atoms with Gasteiger partial charge in [-0.1, -0.05) is 12.1 Å². The number of rotatable bonds is 5. The van der Waals surface area contributed by atoms with Crippen LogP contribution < -0.4 is 9.47 Å². The van der Waals surface area contributed by atoms with Crippen LogP contribution in [0, 0.1) is 0 Å². The van der Waals surface area contributed by atoms with E-state index < -0.39 is 0 Å². The molecule has 0 spiro atoms. The number of hydrogen-bond donors (Lipinski definition) is 0. The Labute approximate surface area is 119 Å². The summed E-state index contributed by atoms with van der Waals surface area (Å²) in [5.74, 6) is 1.47. The van der Waals surface area contributed by atoms with Crippen LogP contribution in [0.4, 0.5) is 0 Å². The van der Waals surface area contributed by atoms with Crippen LogP contribution in [-0.2, 0) is 0 Å². The van der Waals surface area contributed by atoms with Crippen molar-refractivity contribution in [3.63, 3.8) is 0 Å². The molecule has 0 fully saturated rings. The van der Waals surface area contributed by atoms with Gasteiger partial charge in [0.1, 0.15) is 11.5 Å². The first-order valence-electron chi connectivity index (χ1n) is 6.54. The summed E-state index contributed by atoms with van der Waals surface area (Å²) in [4.78, 5) is 11.2. The molecule has 0 aliphatic heterocycles. The van der Waals surface area contributed by atoms with E-state index in [1.807, 2.05) is 50.2 Å². The molecule has 0 aliphatic rings. The van der Waals surface area contributed by atoms with E-state index in [-0.39, 0.29) is 6.10 Å². The van der Waals surface area contributed by atoms with E-state index >= 15 is 0 Å². The maximum atomic E-state index is 11.2. The molecule has 20 heavy (non-hydrogen) atoms. The molecular formula is C17H18O3. The molecule has 0 amide bonds. The number of carbonyl (C=O) groups excluding carboxylic acids is 1. The Morgan fingerprint density at radius 2 is 1.85 bits per heavy atom. The van der Waals surface area contributed by atoms with Gasteiger partial charge in [0, 0.05) is 5.56 Å². The van der Waals surface area contributed by atoms with Crippen molar-refractivity contribution >= 4 is 6.29 Å². The third kappa shape index (κ3) is 3.18. The summed E-state index contributed by atoms with van der Waals surface area (Å²) in [7, 11) is 1.58. The van der Waals surface area contributed by atoms with Crippen molar-refractivity contribution in [2.45, 2.75) is 20.0 Å². The fourth-order valence-electron chi connectivity index (χ4n) is 2.04. The minimum Gasteiger partial charge on any atom is -0.497 e. The molecule has 0 N–H and O–H groups in total. The van der Waals surface area contributed by atoms with E-state index in [1.165, 1.54) is 0 Å². The fraction of sp³-hybridized carbons (Fsp3) is 0.235. The van der Waals surface area contributed by atoms with Crippen LogP contribution in [0.25, 0.3) is 11.1 Å². The Bertz CT molecular complexity index is 603. The predicted octanol–water partition coefficient (Wildman–Crippen LogP) is 3.96. The first-order valence-corrected chi connectivity index (χ1v) is 6.54. The summed E-state index contributed by atoms with van der Waals surface area (Å²) in [6.07, 6.45) is 0.958. The molecule has 0 atom stereocenters. The van der Waals surface area contributed by atoms with Crippen LogP contribution >= 0.6 is 0 Å². The van der Waals surface area contributed by atoms with Crippen molar-refractivity contribution in [1.29, 1.82) is 0 Å². The van der Waals surface area contributed by atoms with Gasteiger partial charge >= 0.3 is 0 Å². The SMILES string of the molecule is COc1ccc(-c2cccc(OC(C)C)c2)c(C=O)c1. The van der Waals surface area contributed by atoms with E-state index in [9.17, 15) is 4.79 Å². The Kier molecular flexibility index (Phi) is 4.41. The molecule has 0 heterocycles. The molecule has 0 saturated carbocycles. The first kappa shape index (κ1) is 14.1. The lowest BCUT2D eigenvalue weighted by Crippen LogP contribution is -2.05. The van der Waals surface area contributed by atoms with Gasteiger partial charge in [0.15, 0.2) is 6.29 Å². The average Bonchev–Trinajstić information content (AvgIpc) is 2.46. The van der Waals surface area contributed by atoms with Crippen molar-refractivity contribution in [2.24, 2.45) is 0 Å². The summed E-state index contributed by atoms with van der Waals surface area (Å²) in [6.45, 7) is 3.97. The summed E-state index contributed by atoms with van der Waals surface area (Å²) in [6, 6.07) is 13.2. The van der Waals surface area contributed by atoms with Gasteiger partial charge < -0.3 is 9.47 Å². The van der Waals surface area contributed by atoms with E-state index in [0.29, 0.717) is 11.3 Å². The standard InChI is InChI=1S/C17H18O3/c1-12(2)20-16-6-4-5-13(9-16)17-8-7-15(19-3)10-14(17)11-18/h4-12H,1-3H3. The molecule has 104 valence electrons. The van der Waals surface area contributed by atoms with Crippen LogP contribution in [0.5, 0.6) is 11.5 Å². The highest BCUT2D eigenvalue weighted by molar-refractivity contribution is 5.88. The highest BCUT2D eigenvalue weighted by Crippen LogP contribution is 2.29. The summed E-state index contributed by atoms with van der Waals surface area (Å²) < 4.78 is 10.8. The zero-order chi connectivity index (χ0) is 14.5. The quantitative estimate of drug-likeness (QED) is 0.771. The van der Waals surface area contributed by atoms with Crippen molar-refractivity contribution in [1.82, 2.24) is 0 Å². The number of carbonyl (C=O) groups is 1. The van der Waals surface area contributed by atoms with Gasteiger partial charge in [-0.3, -0.25) is 4.79 Å². The van der Waals surface area contributed by atoms with Crippen molar-refractivity contribution in [3.05, 3.63) is 48.0 Å². The second-order valence-electron chi connectivity index (χ2n) is 4.77. The van der Waals surface area contributed by atoms with Gasteiger partial charge in [-0.05, 0) is 55.3 Å². The third-order valence-corrected chi connectivity index (χ3v) is 2.90. The molecule has 0 aromatic heterocycles. The van der Waals surface area contributed by atoms with Crippen molar-refractivity contribution < 1.29 is 14.3 Å². The smallest absolute Gasteiger partial charge is 0.150 e. The van der Waals surface area contributed by atoms with Gasteiger partial charge in [0.2, 0.25) is 0 Å². The monoisotopic (exact) mass is 270 g/mol. The second kappa shape index (κ2) is 6.24. The van der Waals surface area contributed by atoms with Gasteiger partial charge in [0.25, 0.3) is 0 Å². The molecular weight excluding hydrogens is 252 g/mol. The lowest BCUT2D eigenvalue weighted by Gasteiger charge is -2.12. The number of methoxy groups -OCH3 is 1. The number of benzene rings is 2. The van der Waals surface area contributed by atoms with E-state index in [2.05, 4.69) is 0 Å². The number of ether oxygens (including phenoxy) is 2. The second-order valence-corrected chi connectivity index (χ2v) is 4.77.